The average Bonchev–Trinajstić information content (AvgIpc) is 3.16. The van der Waals surface area contributed by atoms with E-state index in [1.165, 1.54) is 19.3 Å². The fourth-order valence-corrected chi connectivity index (χ4v) is 4.57. The monoisotopic (exact) mass is 478 g/mol. The van der Waals surface area contributed by atoms with E-state index < -0.39 is 0 Å². The van der Waals surface area contributed by atoms with Crippen LogP contribution >= 0.6 is 39.1 Å². The van der Waals surface area contributed by atoms with Gasteiger partial charge in [0, 0.05) is 28.8 Å². The molecule has 4 rings (SSSR count). The maximum absolute atomic E-state index is 6.54. The quantitative estimate of drug-likeness (QED) is 0.407. The van der Waals surface area contributed by atoms with Gasteiger partial charge in [0.1, 0.15) is 11.5 Å². The second-order valence-electron chi connectivity index (χ2n) is 6.96. The third kappa shape index (κ3) is 4.51. The number of nitrogens with one attached hydrogen (secondary N) is 1. The standard InChI is InChI=1S/C22H21BrCl2N2O/c23-15-4-7-18(19(24)12-15)22-9-6-17(28-22)14-26-16-5-8-21(20(25)13-16)27-10-2-1-3-11-27/h4-9,12-13,26H,1-3,10-11,14H2. The molecule has 2 heterocycles. The van der Waals surface area contributed by atoms with Gasteiger partial charge in [-0.25, -0.2) is 0 Å². The molecule has 0 radical (unpaired) electrons. The van der Waals surface area contributed by atoms with Crippen LogP contribution in [0.15, 0.2) is 57.4 Å². The fraction of sp³-hybridized carbons (Fsp3) is 0.273. The molecule has 2 aromatic carbocycles. The van der Waals surface area contributed by atoms with E-state index in [2.05, 4.69) is 38.3 Å². The minimum absolute atomic E-state index is 0.577. The summed E-state index contributed by atoms with van der Waals surface area (Å²) < 4.78 is 6.90. The van der Waals surface area contributed by atoms with E-state index in [1.54, 1.807) is 0 Å². The van der Waals surface area contributed by atoms with Crippen molar-refractivity contribution in [3.05, 3.63) is 68.8 Å². The van der Waals surface area contributed by atoms with Gasteiger partial charge in [-0.1, -0.05) is 39.1 Å². The summed E-state index contributed by atoms with van der Waals surface area (Å²) >= 11 is 16.3. The summed E-state index contributed by atoms with van der Waals surface area (Å²) in [4.78, 5) is 2.37. The molecule has 0 amide bonds. The molecular formula is C22H21BrCl2N2O. The van der Waals surface area contributed by atoms with Crippen LogP contribution in [0.4, 0.5) is 11.4 Å². The zero-order valence-electron chi connectivity index (χ0n) is 15.4. The van der Waals surface area contributed by atoms with Gasteiger partial charge in [-0.05, 0) is 67.8 Å². The van der Waals surface area contributed by atoms with Gasteiger partial charge in [-0.3, -0.25) is 0 Å². The summed E-state index contributed by atoms with van der Waals surface area (Å²) in [5.74, 6) is 1.60. The first-order valence-corrected chi connectivity index (χ1v) is 11.0. The van der Waals surface area contributed by atoms with Crippen molar-refractivity contribution in [1.82, 2.24) is 0 Å². The van der Waals surface area contributed by atoms with Crippen LogP contribution in [0, 0.1) is 0 Å². The van der Waals surface area contributed by atoms with E-state index >= 15 is 0 Å². The number of hydrogen-bond acceptors (Lipinski definition) is 3. The van der Waals surface area contributed by atoms with Crippen molar-refractivity contribution >= 4 is 50.5 Å². The van der Waals surface area contributed by atoms with Crippen molar-refractivity contribution in [2.45, 2.75) is 25.8 Å². The second kappa shape index (κ2) is 8.81. The largest absolute Gasteiger partial charge is 0.459 e. The van der Waals surface area contributed by atoms with Crippen LogP contribution in [0.5, 0.6) is 0 Å². The number of rotatable bonds is 5. The fourth-order valence-electron chi connectivity index (χ4n) is 3.50. The lowest BCUT2D eigenvalue weighted by Gasteiger charge is -2.29. The molecule has 0 bridgehead atoms. The maximum Gasteiger partial charge on any atom is 0.135 e. The van der Waals surface area contributed by atoms with E-state index in [0.717, 1.165) is 51.0 Å². The van der Waals surface area contributed by atoms with Crippen molar-refractivity contribution in [3.8, 4) is 11.3 Å². The Bertz CT molecular complexity index is 967. The highest BCUT2D eigenvalue weighted by Crippen LogP contribution is 2.33. The smallest absolute Gasteiger partial charge is 0.135 e. The summed E-state index contributed by atoms with van der Waals surface area (Å²) in [5, 5.41) is 4.82. The third-order valence-electron chi connectivity index (χ3n) is 4.97. The van der Waals surface area contributed by atoms with Crippen LogP contribution in [0.1, 0.15) is 25.0 Å². The topological polar surface area (TPSA) is 28.4 Å². The number of piperidine rings is 1. The van der Waals surface area contributed by atoms with E-state index in [1.807, 2.05) is 36.4 Å². The highest BCUT2D eigenvalue weighted by Gasteiger charge is 2.14. The Kier molecular flexibility index (Phi) is 6.19. The van der Waals surface area contributed by atoms with E-state index in [0.29, 0.717) is 11.6 Å². The Balaban J connectivity index is 1.42. The van der Waals surface area contributed by atoms with Gasteiger partial charge < -0.3 is 14.6 Å². The molecule has 0 unspecified atom stereocenters. The first kappa shape index (κ1) is 19.7. The summed E-state index contributed by atoms with van der Waals surface area (Å²) in [6.07, 6.45) is 3.78. The third-order valence-corrected chi connectivity index (χ3v) is 6.08. The van der Waals surface area contributed by atoms with Crippen molar-refractivity contribution in [3.63, 3.8) is 0 Å². The number of anilines is 2. The first-order valence-electron chi connectivity index (χ1n) is 9.43. The van der Waals surface area contributed by atoms with Crippen molar-refractivity contribution in [2.24, 2.45) is 0 Å². The van der Waals surface area contributed by atoms with E-state index in [9.17, 15) is 0 Å². The molecule has 146 valence electrons. The molecule has 0 atom stereocenters. The number of halogens is 3. The molecular weight excluding hydrogens is 459 g/mol. The van der Waals surface area contributed by atoms with Gasteiger partial charge >= 0.3 is 0 Å². The lowest BCUT2D eigenvalue weighted by molar-refractivity contribution is 0.531. The molecule has 1 aliphatic heterocycles. The van der Waals surface area contributed by atoms with Gasteiger partial charge in [0.2, 0.25) is 0 Å². The number of benzene rings is 2. The number of furan rings is 1. The van der Waals surface area contributed by atoms with Crippen LogP contribution < -0.4 is 10.2 Å². The van der Waals surface area contributed by atoms with Gasteiger partial charge in [-0.2, -0.15) is 0 Å². The molecule has 3 aromatic rings. The van der Waals surface area contributed by atoms with E-state index in [-0.39, 0.29) is 0 Å². The van der Waals surface area contributed by atoms with E-state index in [4.69, 9.17) is 27.6 Å². The first-order chi connectivity index (χ1) is 13.6. The Morgan fingerprint density at radius 1 is 0.929 bits per heavy atom. The lowest BCUT2D eigenvalue weighted by atomic mass is 10.1. The predicted molar refractivity (Wildman–Crippen MR) is 122 cm³/mol. The van der Waals surface area contributed by atoms with Crippen LogP contribution in [0.25, 0.3) is 11.3 Å². The second-order valence-corrected chi connectivity index (χ2v) is 8.69. The van der Waals surface area contributed by atoms with Gasteiger partial charge in [-0.15, -0.1) is 0 Å². The van der Waals surface area contributed by atoms with Crippen LogP contribution in [0.3, 0.4) is 0 Å². The molecule has 0 aliphatic carbocycles. The molecule has 1 saturated heterocycles. The minimum atomic E-state index is 0.577. The molecule has 1 N–H and O–H groups in total. The Hall–Kier alpha value is -1.62. The van der Waals surface area contributed by atoms with Crippen LogP contribution in [-0.4, -0.2) is 13.1 Å². The molecule has 3 nitrogen and oxygen atoms in total. The molecule has 6 heteroatoms. The molecule has 28 heavy (non-hydrogen) atoms. The summed E-state index contributed by atoms with van der Waals surface area (Å²) in [6.45, 7) is 2.74. The summed E-state index contributed by atoms with van der Waals surface area (Å²) in [7, 11) is 0. The van der Waals surface area contributed by atoms with Crippen molar-refractivity contribution < 1.29 is 4.42 Å². The SMILES string of the molecule is Clc1cc(Br)ccc1-c1ccc(CNc2ccc(N3CCCCC3)c(Cl)c2)o1. The minimum Gasteiger partial charge on any atom is -0.459 e. The van der Waals surface area contributed by atoms with Crippen LogP contribution in [0.2, 0.25) is 10.0 Å². The molecule has 0 saturated carbocycles. The van der Waals surface area contributed by atoms with Gasteiger partial charge in [0.25, 0.3) is 0 Å². The summed E-state index contributed by atoms with van der Waals surface area (Å²) in [6, 6.07) is 15.8. The van der Waals surface area contributed by atoms with Gasteiger partial charge in [0.05, 0.1) is 22.3 Å². The number of nitrogens with zero attached hydrogens (tertiary/aromatic N) is 1. The molecule has 0 spiro atoms. The maximum atomic E-state index is 6.54. The van der Waals surface area contributed by atoms with Crippen molar-refractivity contribution in [1.29, 1.82) is 0 Å². The Morgan fingerprint density at radius 2 is 1.75 bits per heavy atom. The zero-order chi connectivity index (χ0) is 19.5. The predicted octanol–water partition coefficient (Wildman–Crippen LogP) is 7.62. The average molecular weight is 480 g/mol. The highest BCUT2D eigenvalue weighted by atomic mass is 79.9. The lowest BCUT2D eigenvalue weighted by Crippen LogP contribution is -2.29. The Morgan fingerprint density at radius 3 is 2.50 bits per heavy atom. The Labute approximate surface area is 183 Å². The van der Waals surface area contributed by atoms with Crippen molar-refractivity contribution in [2.75, 3.05) is 23.3 Å². The normalized spacial score (nSPS) is 14.3. The highest BCUT2D eigenvalue weighted by molar-refractivity contribution is 9.10. The zero-order valence-corrected chi connectivity index (χ0v) is 18.4. The summed E-state index contributed by atoms with van der Waals surface area (Å²) in [5.41, 5.74) is 2.98. The molecule has 1 aliphatic rings. The van der Waals surface area contributed by atoms with Gasteiger partial charge in [0.15, 0.2) is 0 Å². The van der Waals surface area contributed by atoms with Crippen LogP contribution in [-0.2, 0) is 6.54 Å². The molecule has 1 fully saturated rings. The number of hydrogen-bond donors (Lipinski definition) is 1. The molecule has 1 aromatic heterocycles.